The van der Waals surface area contributed by atoms with Crippen molar-refractivity contribution in [2.24, 2.45) is 0 Å². The largest absolute Gasteiger partial charge is 0.387 e. The van der Waals surface area contributed by atoms with Crippen LogP contribution in [0.4, 0.5) is 5.13 Å². The minimum Gasteiger partial charge on any atom is -0.387 e. The molecule has 1 rings (SSSR count). The summed E-state index contributed by atoms with van der Waals surface area (Å²) < 4.78 is 0. The molecule has 7 heteroatoms. The van der Waals surface area contributed by atoms with Crippen molar-refractivity contribution in [3.05, 3.63) is 10.0 Å². The standard InChI is InChI=1S/C10H15ClN4OS/c1-10(16,6-15(2)3)5-13-9-14-8(11)7(4-12)17-9/h16H,5-6H2,1-3H3,(H,13,14). The van der Waals surface area contributed by atoms with E-state index in [0.717, 1.165) is 0 Å². The summed E-state index contributed by atoms with van der Waals surface area (Å²) in [4.78, 5) is 6.27. The van der Waals surface area contributed by atoms with Gasteiger partial charge >= 0.3 is 0 Å². The molecule has 1 heterocycles. The Hall–Kier alpha value is -0.870. The zero-order valence-corrected chi connectivity index (χ0v) is 11.6. The molecule has 0 amide bonds. The number of aliphatic hydroxyl groups is 1. The number of thiazole rings is 1. The molecule has 0 saturated carbocycles. The van der Waals surface area contributed by atoms with Crippen LogP contribution in [0.5, 0.6) is 0 Å². The molecule has 0 aliphatic heterocycles. The van der Waals surface area contributed by atoms with E-state index in [0.29, 0.717) is 23.1 Å². The van der Waals surface area contributed by atoms with Crippen molar-refractivity contribution >= 4 is 28.1 Å². The third kappa shape index (κ3) is 4.48. The van der Waals surface area contributed by atoms with Crippen LogP contribution in [0.15, 0.2) is 0 Å². The normalized spacial score (nSPS) is 14.4. The smallest absolute Gasteiger partial charge is 0.185 e. The summed E-state index contributed by atoms with van der Waals surface area (Å²) in [5, 5.41) is 22.5. The van der Waals surface area contributed by atoms with Crippen molar-refractivity contribution in [3.8, 4) is 6.07 Å². The Morgan fingerprint density at radius 1 is 1.65 bits per heavy atom. The van der Waals surface area contributed by atoms with Gasteiger partial charge < -0.3 is 15.3 Å². The van der Waals surface area contributed by atoms with Gasteiger partial charge in [-0.2, -0.15) is 5.26 Å². The van der Waals surface area contributed by atoms with Crippen LogP contribution in [0, 0.1) is 11.3 Å². The number of nitrogens with one attached hydrogen (secondary N) is 1. The van der Waals surface area contributed by atoms with Crippen LogP contribution in [0.2, 0.25) is 5.15 Å². The average molecular weight is 275 g/mol. The number of nitriles is 1. The van der Waals surface area contributed by atoms with Gasteiger partial charge in [0.25, 0.3) is 0 Å². The third-order valence-electron chi connectivity index (χ3n) is 1.96. The lowest BCUT2D eigenvalue weighted by Gasteiger charge is -2.26. The SMILES string of the molecule is CN(C)CC(C)(O)CNc1nc(Cl)c(C#N)s1. The first-order valence-corrected chi connectivity index (χ1v) is 6.21. The Kier molecular flexibility index (Phi) is 4.71. The summed E-state index contributed by atoms with van der Waals surface area (Å²) in [5.74, 6) is 0. The van der Waals surface area contributed by atoms with Crippen LogP contribution in [0.3, 0.4) is 0 Å². The number of hydrogen-bond donors (Lipinski definition) is 2. The van der Waals surface area contributed by atoms with Crippen LogP contribution in [0.25, 0.3) is 0 Å². The number of anilines is 1. The minimum atomic E-state index is -0.867. The number of halogens is 1. The molecule has 94 valence electrons. The van der Waals surface area contributed by atoms with Crippen molar-refractivity contribution in [1.29, 1.82) is 5.26 Å². The van der Waals surface area contributed by atoms with Crippen LogP contribution in [-0.4, -0.2) is 47.8 Å². The van der Waals surface area contributed by atoms with E-state index in [1.807, 2.05) is 25.1 Å². The quantitative estimate of drug-likeness (QED) is 0.849. The maximum Gasteiger partial charge on any atom is 0.185 e. The van der Waals surface area contributed by atoms with E-state index in [-0.39, 0.29) is 5.15 Å². The fourth-order valence-corrected chi connectivity index (χ4v) is 2.39. The van der Waals surface area contributed by atoms with Gasteiger partial charge in [-0.15, -0.1) is 0 Å². The van der Waals surface area contributed by atoms with Gasteiger partial charge in [0.15, 0.2) is 10.3 Å². The van der Waals surface area contributed by atoms with Gasteiger partial charge in [-0.25, -0.2) is 4.98 Å². The third-order valence-corrected chi connectivity index (χ3v) is 3.27. The van der Waals surface area contributed by atoms with Crippen LogP contribution < -0.4 is 5.32 Å². The first kappa shape index (κ1) is 14.2. The molecule has 0 aromatic carbocycles. The minimum absolute atomic E-state index is 0.201. The summed E-state index contributed by atoms with van der Waals surface area (Å²) in [6.45, 7) is 2.62. The average Bonchev–Trinajstić information content (AvgIpc) is 2.54. The Labute approximate surface area is 110 Å². The van der Waals surface area contributed by atoms with E-state index < -0.39 is 5.60 Å². The van der Waals surface area contributed by atoms with Gasteiger partial charge in [0.1, 0.15) is 10.9 Å². The van der Waals surface area contributed by atoms with Gasteiger partial charge in [-0.1, -0.05) is 22.9 Å². The molecule has 0 aliphatic carbocycles. The molecule has 0 aliphatic rings. The molecular weight excluding hydrogens is 260 g/mol. The van der Waals surface area contributed by atoms with E-state index in [2.05, 4.69) is 10.3 Å². The lowest BCUT2D eigenvalue weighted by Crippen LogP contribution is -2.43. The molecule has 1 unspecified atom stereocenters. The fraction of sp³-hybridized carbons (Fsp3) is 0.600. The maximum atomic E-state index is 10.1. The molecule has 5 nitrogen and oxygen atoms in total. The maximum absolute atomic E-state index is 10.1. The van der Waals surface area contributed by atoms with Crippen LogP contribution >= 0.6 is 22.9 Å². The predicted octanol–water partition coefficient (Wildman–Crippen LogP) is 1.39. The molecule has 1 aromatic heterocycles. The summed E-state index contributed by atoms with van der Waals surface area (Å²) in [5.41, 5.74) is -0.867. The van der Waals surface area contributed by atoms with Gasteiger partial charge in [-0.05, 0) is 21.0 Å². The number of rotatable bonds is 5. The van der Waals surface area contributed by atoms with E-state index in [9.17, 15) is 5.11 Å². The molecule has 1 atom stereocenters. The second-order valence-corrected chi connectivity index (χ2v) is 5.70. The molecule has 0 bridgehead atoms. The highest BCUT2D eigenvalue weighted by Crippen LogP contribution is 2.26. The van der Waals surface area contributed by atoms with Crippen LogP contribution in [0.1, 0.15) is 11.8 Å². The zero-order valence-electron chi connectivity index (χ0n) is 9.99. The van der Waals surface area contributed by atoms with Crippen molar-refractivity contribution in [2.45, 2.75) is 12.5 Å². The van der Waals surface area contributed by atoms with Crippen molar-refractivity contribution in [1.82, 2.24) is 9.88 Å². The van der Waals surface area contributed by atoms with Gasteiger partial charge in [-0.3, -0.25) is 0 Å². The summed E-state index contributed by atoms with van der Waals surface area (Å²) >= 11 is 6.92. The zero-order chi connectivity index (χ0) is 13.1. The molecule has 0 saturated heterocycles. The first-order chi connectivity index (χ1) is 7.84. The highest BCUT2D eigenvalue weighted by atomic mass is 35.5. The highest BCUT2D eigenvalue weighted by Gasteiger charge is 2.21. The Balaban J connectivity index is 2.58. The topological polar surface area (TPSA) is 72.2 Å². The lowest BCUT2D eigenvalue weighted by molar-refractivity contribution is 0.0460. The van der Waals surface area contributed by atoms with Crippen molar-refractivity contribution < 1.29 is 5.11 Å². The predicted molar refractivity (Wildman–Crippen MR) is 69.5 cm³/mol. The monoisotopic (exact) mass is 274 g/mol. The first-order valence-electron chi connectivity index (χ1n) is 5.01. The van der Waals surface area contributed by atoms with E-state index in [1.165, 1.54) is 11.3 Å². The number of hydrogen-bond acceptors (Lipinski definition) is 6. The van der Waals surface area contributed by atoms with Crippen molar-refractivity contribution in [2.75, 3.05) is 32.5 Å². The summed E-state index contributed by atoms with van der Waals surface area (Å²) in [7, 11) is 3.78. The molecule has 17 heavy (non-hydrogen) atoms. The highest BCUT2D eigenvalue weighted by molar-refractivity contribution is 7.16. The van der Waals surface area contributed by atoms with Gasteiger partial charge in [0.2, 0.25) is 0 Å². The second kappa shape index (κ2) is 5.65. The van der Waals surface area contributed by atoms with Crippen LogP contribution in [-0.2, 0) is 0 Å². The van der Waals surface area contributed by atoms with E-state index in [4.69, 9.17) is 16.9 Å². The van der Waals surface area contributed by atoms with Crippen molar-refractivity contribution in [3.63, 3.8) is 0 Å². The summed E-state index contributed by atoms with van der Waals surface area (Å²) in [6.07, 6.45) is 0. The molecular formula is C10H15ClN4OS. The fourth-order valence-electron chi connectivity index (χ4n) is 1.45. The number of nitrogens with zero attached hydrogens (tertiary/aromatic N) is 3. The molecule has 2 N–H and O–H groups in total. The molecule has 0 radical (unpaired) electrons. The van der Waals surface area contributed by atoms with Gasteiger partial charge in [0.05, 0.1) is 5.60 Å². The number of likely N-dealkylation sites (N-methyl/N-ethyl adjacent to an activating group) is 1. The molecule has 0 spiro atoms. The molecule has 0 fully saturated rings. The van der Waals surface area contributed by atoms with Gasteiger partial charge in [0, 0.05) is 13.1 Å². The Morgan fingerprint density at radius 2 is 2.29 bits per heavy atom. The Morgan fingerprint density at radius 3 is 2.76 bits per heavy atom. The van der Waals surface area contributed by atoms with E-state index in [1.54, 1.807) is 6.92 Å². The summed E-state index contributed by atoms with van der Waals surface area (Å²) in [6, 6.07) is 1.96. The van der Waals surface area contributed by atoms with E-state index >= 15 is 0 Å². The Bertz CT molecular complexity index is 424. The second-order valence-electron chi connectivity index (χ2n) is 4.34. The lowest BCUT2D eigenvalue weighted by atomic mass is 10.1. The molecule has 1 aromatic rings. The number of aromatic nitrogens is 1.